The molecule has 0 unspecified atom stereocenters. The van der Waals surface area contributed by atoms with Gasteiger partial charge >= 0.3 is 0 Å². The van der Waals surface area contributed by atoms with Gasteiger partial charge in [0.15, 0.2) is 0 Å². The molecule has 0 aromatic rings. The van der Waals surface area contributed by atoms with Gasteiger partial charge in [0.25, 0.3) is 0 Å². The third-order valence-electron chi connectivity index (χ3n) is 3.31. The van der Waals surface area contributed by atoms with Crippen molar-refractivity contribution in [3.8, 4) is 0 Å². The van der Waals surface area contributed by atoms with E-state index in [4.69, 9.17) is 0 Å². The Morgan fingerprint density at radius 2 is 2.07 bits per heavy atom. The number of hydrogen-bond acceptors (Lipinski definition) is 2. The van der Waals surface area contributed by atoms with Crippen LogP contribution in [0.5, 0.6) is 0 Å². The molecule has 15 heavy (non-hydrogen) atoms. The zero-order valence-electron chi connectivity index (χ0n) is 9.70. The maximum Gasteiger partial charge on any atom is 0.225 e. The van der Waals surface area contributed by atoms with Gasteiger partial charge in [0.2, 0.25) is 5.91 Å². The average Bonchev–Trinajstić information content (AvgIpc) is 2.28. The van der Waals surface area contributed by atoms with Gasteiger partial charge in [-0.1, -0.05) is 19.9 Å². The second-order valence-electron chi connectivity index (χ2n) is 4.70. The number of likely N-dealkylation sites (tertiary alicyclic amines) is 1. The van der Waals surface area contributed by atoms with Crippen molar-refractivity contribution < 1.29 is 9.90 Å². The molecule has 0 saturated carbocycles. The molecule has 1 heterocycles. The molecule has 1 rings (SSSR count). The number of nitrogens with zero attached hydrogens (tertiary/aromatic N) is 1. The summed E-state index contributed by atoms with van der Waals surface area (Å²) < 4.78 is 0. The Morgan fingerprint density at radius 1 is 1.53 bits per heavy atom. The van der Waals surface area contributed by atoms with Crippen LogP contribution in [0.15, 0.2) is 12.7 Å². The van der Waals surface area contributed by atoms with Gasteiger partial charge in [-0.2, -0.15) is 0 Å². The summed E-state index contributed by atoms with van der Waals surface area (Å²) in [5.41, 5.74) is -0.159. The second kappa shape index (κ2) is 4.79. The summed E-state index contributed by atoms with van der Waals surface area (Å²) in [7, 11) is 0. The van der Waals surface area contributed by atoms with Gasteiger partial charge in [0.05, 0.1) is 6.61 Å². The van der Waals surface area contributed by atoms with Crippen molar-refractivity contribution in [1.82, 2.24) is 4.90 Å². The van der Waals surface area contributed by atoms with Crippen molar-refractivity contribution in [3.05, 3.63) is 12.7 Å². The molecule has 1 saturated heterocycles. The van der Waals surface area contributed by atoms with Gasteiger partial charge in [-0.25, -0.2) is 0 Å². The van der Waals surface area contributed by atoms with Gasteiger partial charge < -0.3 is 10.0 Å². The van der Waals surface area contributed by atoms with Crippen LogP contribution in [0.1, 0.15) is 26.7 Å². The van der Waals surface area contributed by atoms with Crippen LogP contribution >= 0.6 is 0 Å². The van der Waals surface area contributed by atoms with Crippen molar-refractivity contribution in [2.45, 2.75) is 26.7 Å². The van der Waals surface area contributed by atoms with E-state index in [1.54, 1.807) is 0 Å². The van der Waals surface area contributed by atoms with Crippen LogP contribution in [0.4, 0.5) is 0 Å². The number of piperidine rings is 1. The summed E-state index contributed by atoms with van der Waals surface area (Å²) in [6.07, 6.45) is 3.49. The molecule has 3 nitrogen and oxygen atoms in total. The zero-order chi connectivity index (χ0) is 11.5. The van der Waals surface area contributed by atoms with Crippen molar-refractivity contribution in [1.29, 1.82) is 0 Å². The van der Waals surface area contributed by atoms with Crippen LogP contribution in [0, 0.1) is 11.3 Å². The van der Waals surface area contributed by atoms with Crippen LogP contribution in [0.3, 0.4) is 0 Å². The normalized spacial score (nSPS) is 20.4. The smallest absolute Gasteiger partial charge is 0.225 e. The first-order valence-corrected chi connectivity index (χ1v) is 5.58. The molecule has 0 aromatic carbocycles. The predicted molar refractivity (Wildman–Crippen MR) is 60.4 cm³/mol. The fourth-order valence-electron chi connectivity index (χ4n) is 1.96. The number of hydrogen-bond donors (Lipinski definition) is 1. The number of aliphatic hydroxyl groups excluding tert-OH is 1. The van der Waals surface area contributed by atoms with E-state index >= 15 is 0 Å². The van der Waals surface area contributed by atoms with E-state index in [0.29, 0.717) is 0 Å². The third-order valence-corrected chi connectivity index (χ3v) is 3.31. The molecular formula is C12H21NO2. The number of rotatable bonds is 3. The Labute approximate surface area is 91.8 Å². The van der Waals surface area contributed by atoms with Crippen LogP contribution in [-0.2, 0) is 4.79 Å². The topological polar surface area (TPSA) is 40.5 Å². The second-order valence-corrected chi connectivity index (χ2v) is 4.70. The van der Waals surface area contributed by atoms with Gasteiger partial charge in [-0.05, 0) is 12.8 Å². The van der Waals surface area contributed by atoms with Crippen molar-refractivity contribution in [2.24, 2.45) is 11.3 Å². The maximum absolute atomic E-state index is 11.7. The quantitative estimate of drug-likeness (QED) is 0.717. The van der Waals surface area contributed by atoms with Gasteiger partial charge in [-0.15, -0.1) is 6.58 Å². The number of carbonyl (C=O) groups is 1. The van der Waals surface area contributed by atoms with Gasteiger partial charge in [0, 0.05) is 24.4 Å². The highest BCUT2D eigenvalue weighted by atomic mass is 16.3. The highest BCUT2D eigenvalue weighted by molar-refractivity contribution is 5.78. The van der Waals surface area contributed by atoms with Crippen LogP contribution in [-0.4, -0.2) is 35.6 Å². The molecule has 86 valence electrons. The number of carbonyl (C=O) groups excluding carboxylic acids is 1. The third kappa shape index (κ3) is 2.59. The molecule has 0 bridgehead atoms. The highest BCUT2D eigenvalue weighted by Crippen LogP contribution is 2.32. The minimum atomic E-state index is -0.159. The van der Waals surface area contributed by atoms with E-state index in [1.807, 2.05) is 24.8 Å². The fourth-order valence-corrected chi connectivity index (χ4v) is 1.96. The molecule has 0 spiro atoms. The van der Waals surface area contributed by atoms with Crippen LogP contribution in [0.2, 0.25) is 0 Å². The zero-order valence-corrected chi connectivity index (χ0v) is 9.70. The first-order chi connectivity index (χ1) is 7.04. The lowest BCUT2D eigenvalue weighted by Gasteiger charge is -2.39. The van der Waals surface area contributed by atoms with E-state index in [0.717, 1.165) is 25.9 Å². The summed E-state index contributed by atoms with van der Waals surface area (Å²) in [5.74, 6) is 0.279. The average molecular weight is 211 g/mol. The molecule has 0 aliphatic carbocycles. The van der Waals surface area contributed by atoms with E-state index < -0.39 is 0 Å². The Balaban J connectivity index is 2.55. The molecule has 1 N–H and O–H groups in total. The standard InChI is InChI=1S/C12H21NO2/c1-4-12(9-14)5-7-13(8-6-12)11(15)10(2)3/h4,10,14H,1,5-9H2,2-3H3. The summed E-state index contributed by atoms with van der Waals surface area (Å²) in [4.78, 5) is 13.6. The van der Waals surface area contributed by atoms with E-state index in [1.165, 1.54) is 0 Å². The Kier molecular flexibility index (Phi) is 3.91. The highest BCUT2D eigenvalue weighted by Gasteiger charge is 2.33. The number of amides is 1. The molecule has 1 aliphatic rings. The minimum absolute atomic E-state index is 0.0651. The Hall–Kier alpha value is -0.830. The molecule has 1 amide bonds. The first kappa shape index (κ1) is 12.2. The van der Waals surface area contributed by atoms with Gasteiger partial charge in [-0.3, -0.25) is 4.79 Å². The van der Waals surface area contributed by atoms with Crippen LogP contribution < -0.4 is 0 Å². The predicted octanol–water partition coefficient (Wildman–Crippen LogP) is 1.43. The summed E-state index contributed by atoms with van der Waals surface area (Å²) in [6, 6.07) is 0. The van der Waals surface area contributed by atoms with E-state index in [9.17, 15) is 9.90 Å². The summed E-state index contributed by atoms with van der Waals surface area (Å²) in [6.45, 7) is 9.23. The molecule has 0 atom stereocenters. The largest absolute Gasteiger partial charge is 0.395 e. The molecule has 3 heteroatoms. The monoisotopic (exact) mass is 211 g/mol. The van der Waals surface area contributed by atoms with Crippen molar-refractivity contribution >= 4 is 5.91 Å². The summed E-state index contributed by atoms with van der Waals surface area (Å²) >= 11 is 0. The maximum atomic E-state index is 11.7. The van der Waals surface area contributed by atoms with Crippen molar-refractivity contribution in [3.63, 3.8) is 0 Å². The fraction of sp³-hybridized carbons (Fsp3) is 0.750. The first-order valence-electron chi connectivity index (χ1n) is 5.58. The molecular weight excluding hydrogens is 190 g/mol. The SMILES string of the molecule is C=CC1(CO)CCN(C(=O)C(C)C)CC1. The molecule has 1 aliphatic heterocycles. The molecule has 0 radical (unpaired) electrons. The Morgan fingerprint density at radius 3 is 2.40 bits per heavy atom. The Bertz CT molecular complexity index is 240. The number of aliphatic hydroxyl groups is 1. The van der Waals surface area contributed by atoms with Gasteiger partial charge in [0.1, 0.15) is 0 Å². The molecule has 1 fully saturated rings. The lowest BCUT2D eigenvalue weighted by molar-refractivity contribution is -0.136. The molecule has 0 aromatic heterocycles. The lowest BCUT2D eigenvalue weighted by Crippen LogP contribution is -2.45. The lowest BCUT2D eigenvalue weighted by atomic mass is 9.79. The van der Waals surface area contributed by atoms with E-state index in [-0.39, 0.29) is 23.8 Å². The summed E-state index contributed by atoms with van der Waals surface area (Å²) in [5, 5.41) is 9.30. The van der Waals surface area contributed by atoms with E-state index in [2.05, 4.69) is 6.58 Å². The van der Waals surface area contributed by atoms with Crippen LogP contribution in [0.25, 0.3) is 0 Å². The minimum Gasteiger partial charge on any atom is -0.395 e. The van der Waals surface area contributed by atoms with Crippen molar-refractivity contribution in [2.75, 3.05) is 19.7 Å².